The van der Waals surface area contributed by atoms with E-state index in [1.165, 1.54) is 18.5 Å². The summed E-state index contributed by atoms with van der Waals surface area (Å²) in [5, 5.41) is 9.11. The minimum Gasteiger partial charge on any atom is -0.478 e. The zero-order valence-corrected chi connectivity index (χ0v) is 12.3. The molecule has 0 aliphatic carbocycles. The zero-order chi connectivity index (χ0) is 16.1. The molecular weight excluding hydrogens is 288 g/mol. The van der Waals surface area contributed by atoms with Crippen molar-refractivity contribution in [1.82, 2.24) is 9.88 Å². The fourth-order valence-corrected chi connectivity index (χ4v) is 2.50. The fraction of sp³-hybridized carbons (Fsp3) is 0.467. The maximum atomic E-state index is 12.4. The van der Waals surface area contributed by atoms with Crippen LogP contribution in [0, 0.1) is 5.92 Å². The van der Waals surface area contributed by atoms with Crippen LogP contribution in [0.3, 0.4) is 0 Å². The van der Waals surface area contributed by atoms with Gasteiger partial charge in [-0.05, 0) is 25.8 Å². The van der Waals surface area contributed by atoms with Crippen molar-refractivity contribution in [2.24, 2.45) is 5.92 Å². The highest BCUT2D eigenvalue weighted by Crippen LogP contribution is 2.21. The molecule has 118 valence electrons. The number of carbonyl (C=O) groups is 3. The SMILES string of the molecule is CCOC(=O)C1CCN(C(=O)c2ccncc2C(=O)O)CC1. The Kier molecular flexibility index (Phi) is 5.08. The topological polar surface area (TPSA) is 96.8 Å². The predicted molar refractivity (Wildman–Crippen MR) is 76.5 cm³/mol. The lowest BCUT2D eigenvalue weighted by Crippen LogP contribution is -2.41. The number of aromatic carboxylic acids is 1. The van der Waals surface area contributed by atoms with Gasteiger partial charge >= 0.3 is 11.9 Å². The van der Waals surface area contributed by atoms with Crippen LogP contribution in [0.15, 0.2) is 18.5 Å². The lowest BCUT2D eigenvalue weighted by atomic mass is 9.96. The normalized spacial score (nSPS) is 15.4. The molecule has 7 heteroatoms. The van der Waals surface area contributed by atoms with Gasteiger partial charge in [-0.1, -0.05) is 0 Å². The summed E-state index contributed by atoms with van der Waals surface area (Å²) < 4.78 is 4.98. The number of piperidine rings is 1. The number of carboxylic acids is 1. The standard InChI is InChI=1S/C15H18N2O5/c1-2-22-15(21)10-4-7-17(8-5-10)13(18)11-3-6-16-9-12(11)14(19)20/h3,6,9-10H,2,4-5,7-8H2,1H3,(H,19,20). The number of carbonyl (C=O) groups excluding carboxylic acids is 2. The van der Waals surface area contributed by atoms with Gasteiger partial charge in [0.05, 0.1) is 23.7 Å². The first kappa shape index (κ1) is 15.9. The molecule has 1 N–H and O–H groups in total. The molecular formula is C15H18N2O5. The van der Waals surface area contributed by atoms with Crippen molar-refractivity contribution in [2.45, 2.75) is 19.8 Å². The van der Waals surface area contributed by atoms with E-state index >= 15 is 0 Å². The average Bonchev–Trinajstić information content (AvgIpc) is 2.54. The maximum Gasteiger partial charge on any atom is 0.338 e. The number of rotatable bonds is 4. The van der Waals surface area contributed by atoms with Crippen molar-refractivity contribution in [3.05, 3.63) is 29.6 Å². The number of likely N-dealkylation sites (tertiary alicyclic amines) is 1. The Labute approximate surface area is 127 Å². The molecule has 7 nitrogen and oxygen atoms in total. The minimum absolute atomic E-state index is 0.111. The molecule has 0 atom stereocenters. The molecule has 1 fully saturated rings. The van der Waals surface area contributed by atoms with Crippen molar-refractivity contribution in [2.75, 3.05) is 19.7 Å². The van der Waals surface area contributed by atoms with Gasteiger partial charge < -0.3 is 14.7 Å². The molecule has 0 spiro atoms. The molecule has 2 rings (SSSR count). The van der Waals surface area contributed by atoms with Gasteiger partial charge in [0.2, 0.25) is 0 Å². The van der Waals surface area contributed by atoms with E-state index in [2.05, 4.69) is 4.98 Å². The number of hydrogen-bond donors (Lipinski definition) is 1. The molecule has 1 aromatic rings. The number of nitrogens with zero attached hydrogens (tertiary/aromatic N) is 2. The highest BCUT2D eigenvalue weighted by Gasteiger charge is 2.30. The van der Waals surface area contributed by atoms with Crippen LogP contribution < -0.4 is 0 Å². The van der Waals surface area contributed by atoms with Gasteiger partial charge in [-0.15, -0.1) is 0 Å². The first-order valence-electron chi connectivity index (χ1n) is 7.17. The third-order valence-electron chi connectivity index (χ3n) is 3.68. The summed E-state index contributed by atoms with van der Waals surface area (Å²) in [5.41, 5.74) is 0.0112. The summed E-state index contributed by atoms with van der Waals surface area (Å²) in [5.74, 6) is -1.95. The van der Waals surface area contributed by atoms with Crippen LogP contribution in [-0.2, 0) is 9.53 Å². The lowest BCUT2D eigenvalue weighted by Gasteiger charge is -2.31. The van der Waals surface area contributed by atoms with Crippen LogP contribution in [0.5, 0.6) is 0 Å². The molecule has 0 radical (unpaired) electrons. The molecule has 1 amide bonds. The Hall–Kier alpha value is -2.44. The van der Waals surface area contributed by atoms with Crippen molar-refractivity contribution in [1.29, 1.82) is 0 Å². The Morgan fingerprint density at radius 1 is 1.32 bits per heavy atom. The van der Waals surface area contributed by atoms with Crippen LogP contribution in [-0.4, -0.2) is 52.5 Å². The third-order valence-corrected chi connectivity index (χ3v) is 3.68. The second-order valence-electron chi connectivity index (χ2n) is 5.04. The quantitative estimate of drug-likeness (QED) is 0.839. The van der Waals surface area contributed by atoms with Gasteiger partial charge in [-0.25, -0.2) is 4.79 Å². The van der Waals surface area contributed by atoms with E-state index < -0.39 is 5.97 Å². The molecule has 0 unspecified atom stereocenters. The second-order valence-corrected chi connectivity index (χ2v) is 5.04. The molecule has 2 heterocycles. The monoisotopic (exact) mass is 306 g/mol. The van der Waals surface area contributed by atoms with Gasteiger partial charge in [0.15, 0.2) is 0 Å². The van der Waals surface area contributed by atoms with E-state index in [1.807, 2.05) is 0 Å². The molecule has 0 bridgehead atoms. The molecule has 0 aromatic carbocycles. The summed E-state index contributed by atoms with van der Waals surface area (Å²) in [6, 6.07) is 1.41. The van der Waals surface area contributed by atoms with Crippen LogP contribution in [0.4, 0.5) is 0 Å². The van der Waals surface area contributed by atoms with Gasteiger partial charge in [-0.2, -0.15) is 0 Å². The molecule has 1 saturated heterocycles. The Morgan fingerprint density at radius 3 is 2.59 bits per heavy atom. The van der Waals surface area contributed by atoms with Gasteiger partial charge in [0.1, 0.15) is 0 Å². The average molecular weight is 306 g/mol. The first-order valence-corrected chi connectivity index (χ1v) is 7.17. The number of ether oxygens (including phenoxy) is 1. The van der Waals surface area contributed by atoms with Gasteiger partial charge in [0.25, 0.3) is 5.91 Å². The highest BCUT2D eigenvalue weighted by molar-refractivity contribution is 6.04. The van der Waals surface area contributed by atoms with Crippen LogP contribution in [0.1, 0.15) is 40.5 Å². The van der Waals surface area contributed by atoms with Crippen LogP contribution >= 0.6 is 0 Å². The number of pyridine rings is 1. The molecule has 1 aromatic heterocycles. The van der Waals surface area contributed by atoms with E-state index in [-0.39, 0.29) is 28.9 Å². The van der Waals surface area contributed by atoms with Crippen molar-refractivity contribution in [3.63, 3.8) is 0 Å². The number of hydrogen-bond acceptors (Lipinski definition) is 5. The summed E-state index contributed by atoms with van der Waals surface area (Å²) >= 11 is 0. The van der Waals surface area contributed by atoms with Crippen LogP contribution in [0.2, 0.25) is 0 Å². The van der Waals surface area contributed by atoms with E-state index in [0.717, 1.165) is 0 Å². The lowest BCUT2D eigenvalue weighted by molar-refractivity contribution is -0.149. The maximum absolute atomic E-state index is 12.4. The van der Waals surface area contributed by atoms with Crippen molar-refractivity contribution in [3.8, 4) is 0 Å². The Morgan fingerprint density at radius 2 is 2.00 bits per heavy atom. The first-order chi connectivity index (χ1) is 10.5. The molecule has 0 saturated carbocycles. The predicted octanol–water partition coefficient (Wildman–Crippen LogP) is 1.20. The smallest absolute Gasteiger partial charge is 0.338 e. The largest absolute Gasteiger partial charge is 0.478 e. The van der Waals surface area contributed by atoms with Crippen LogP contribution in [0.25, 0.3) is 0 Å². The van der Waals surface area contributed by atoms with E-state index in [9.17, 15) is 14.4 Å². The van der Waals surface area contributed by atoms with Crippen molar-refractivity contribution >= 4 is 17.8 Å². The molecule has 1 aliphatic rings. The third kappa shape index (κ3) is 3.41. The Balaban J connectivity index is 2.04. The fourth-order valence-electron chi connectivity index (χ4n) is 2.50. The number of esters is 1. The van der Waals surface area contributed by atoms with Crippen molar-refractivity contribution < 1.29 is 24.2 Å². The Bertz CT molecular complexity index is 579. The summed E-state index contributed by atoms with van der Waals surface area (Å²) in [6.45, 7) is 2.91. The van der Waals surface area contributed by atoms with Gasteiger partial charge in [-0.3, -0.25) is 14.6 Å². The number of carboxylic acid groups (broad SMARTS) is 1. The van der Waals surface area contributed by atoms with E-state index in [0.29, 0.717) is 32.5 Å². The van der Waals surface area contributed by atoms with E-state index in [1.54, 1.807) is 11.8 Å². The molecule has 1 aliphatic heterocycles. The number of aromatic nitrogens is 1. The summed E-state index contributed by atoms with van der Waals surface area (Å²) in [7, 11) is 0. The van der Waals surface area contributed by atoms with Gasteiger partial charge in [0, 0.05) is 25.5 Å². The number of amides is 1. The highest BCUT2D eigenvalue weighted by atomic mass is 16.5. The zero-order valence-electron chi connectivity index (χ0n) is 12.3. The van der Waals surface area contributed by atoms with E-state index in [4.69, 9.17) is 9.84 Å². The molecule has 22 heavy (non-hydrogen) atoms. The summed E-state index contributed by atoms with van der Waals surface area (Å²) in [4.78, 5) is 40.6. The second kappa shape index (κ2) is 7.02. The summed E-state index contributed by atoms with van der Waals surface area (Å²) in [6.07, 6.45) is 3.61. The minimum atomic E-state index is -1.18.